The van der Waals surface area contributed by atoms with Crippen molar-refractivity contribution >= 4 is 0 Å². The molecule has 6 unspecified atom stereocenters. The summed E-state index contributed by atoms with van der Waals surface area (Å²) in [5.41, 5.74) is 5.44. The smallest absolute Gasteiger partial charge is 0.0919 e. The molecule has 6 atom stereocenters. The first-order valence-electron chi connectivity index (χ1n) is 19.2. The van der Waals surface area contributed by atoms with Crippen LogP contribution in [0.3, 0.4) is 0 Å². The van der Waals surface area contributed by atoms with Gasteiger partial charge in [-0.1, -0.05) is 154 Å². The molecule has 0 saturated heterocycles. The Kier molecular flexibility index (Phi) is 23.0. The second kappa shape index (κ2) is 23.1. The molecule has 48 heavy (non-hydrogen) atoms. The minimum Gasteiger partial charge on any atom is -0.385 e. The van der Waals surface area contributed by atoms with Crippen molar-refractivity contribution in [2.75, 3.05) is 6.54 Å². The second-order valence-corrected chi connectivity index (χ2v) is 16.6. The molecule has 0 aromatic rings. The first-order chi connectivity index (χ1) is 22.1. The van der Waals surface area contributed by atoms with Crippen LogP contribution in [0.2, 0.25) is 0 Å². The molecule has 4 nitrogen and oxygen atoms in total. The molecule has 0 radical (unpaired) electrons. The van der Waals surface area contributed by atoms with Gasteiger partial charge in [-0.05, 0) is 73.2 Å². The van der Waals surface area contributed by atoms with Crippen LogP contribution < -0.4 is 21.3 Å². The SMILES string of the molecule is C=C(C)CCC(NC(=C)NC(C(=C)CC(C(=C)NC(CCC)C(=C)C(=C)NCCC)C(C(C)C)C(C)CC)C(C)(C)C)C(C)(C)C.CC. The molecule has 0 aromatic heterocycles. The van der Waals surface area contributed by atoms with E-state index in [1.807, 2.05) is 13.8 Å². The summed E-state index contributed by atoms with van der Waals surface area (Å²) in [6, 6.07) is 0.397. The highest BCUT2D eigenvalue weighted by Gasteiger charge is 2.36. The maximum Gasteiger partial charge on any atom is 0.0919 e. The van der Waals surface area contributed by atoms with Crippen LogP contribution in [0.15, 0.2) is 73.4 Å². The van der Waals surface area contributed by atoms with E-state index < -0.39 is 0 Å². The molecular formula is C44H84N4. The largest absolute Gasteiger partial charge is 0.385 e. The normalized spacial score (nSPS) is 15.4. The fourth-order valence-corrected chi connectivity index (χ4v) is 6.70. The van der Waals surface area contributed by atoms with E-state index in [1.165, 1.54) is 11.1 Å². The second-order valence-electron chi connectivity index (χ2n) is 16.6. The van der Waals surface area contributed by atoms with Crippen molar-refractivity contribution in [3.8, 4) is 0 Å². The van der Waals surface area contributed by atoms with Gasteiger partial charge in [-0.2, -0.15) is 0 Å². The minimum absolute atomic E-state index is 0.0359. The zero-order chi connectivity index (χ0) is 38.0. The maximum atomic E-state index is 4.77. The quantitative estimate of drug-likeness (QED) is 0.0611. The number of rotatable bonds is 24. The van der Waals surface area contributed by atoms with Crippen LogP contribution in [0.1, 0.15) is 149 Å². The van der Waals surface area contributed by atoms with E-state index >= 15 is 0 Å². The number of nitrogens with one attached hydrogen (secondary N) is 4. The van der Waals surface area contributed by atoms with Crippen LogP contribution in [0.5, 0.6) is 0 Å². The van der Waals surface area contributed by atoms with Gasteiger partial charge in [-0.3, -0.25) is 0 Å². The average Bonchev–Trinajstić information content (AvgIpc) is 2.98. The molecule has 0 aliphatic rings. The summed E-state index contributed by atoms with van der Waals surface area (Å²) in [4.78, 5) is 0. The zero-order valence-corrected chi connectivity index (χ0v) is 34.9. The van der Waals surface area contributed by atoms with Gasteiger partial charge >= 0.3 is 0 Å². The lowest BCUT2D eigenvalue weighted by molar-refractivity contribution is 0.179. The Morgan fingerprint density at radius 2 is 1.29 bits per heavy atom. The molecule has 0 bridgehead atoms. The number of hydrogen-bond donors (Lipinski definition) is 4. The van der Waals surface area contributed by atoms with Crippen molar-refractivity contribution in [1.29, 1.82) is 0 Å². The predicted octanol–water partition coefficient (Wildman–Crippen LogP) is 12.1. The fraction of sp³-hybridized carbons (Fsp3) is 0.727. The van der Waals surface area contributed by atoms with Crippen molar-refractivity contribution in [1.82, 2.24) is 21.3 Å². The summed E-state index contributed by atoms with van der Waals surface area (Å²) >= 11 is 0. The van der Waals surface area contributed by atoms with Crippen LogP contribution in [0.4, 0.5) is 0 Å². The van der Waals surface area contributed by atoms with Gasteiger partial charge in [0.15, 0.2) is 0 Å². The first-order valence-corrected chi connectivity index (χ1v) is 19.2. The molecule has 0 aliphatic heterocycles. The van der Waals surface area contributed by atoms with E-state index in [9.17, 15) is 0 Å². The van der Waals surface area contributed by atoms with Crippen LogP contribution in [0, 0.1) is 34.5 Å². The van der Waals surface area contributed by atoms with E-state index in [4.69, 9.17) is 13.2 Å². The van der Waals surface area contributed by atoms with Gasteiger partial charge in [-0.15, -0.1) is 6.58 Å². The van der Waals surface area contributed by atoms with E-state index in [-0.39, 0.29) is 34.9 Å². The zero-order valence-electron chi connectivity index (χ0n) is 34.9. The Morgan fingerprint density at radius 3 is 1.71 bits per heavy atom. The van der Waals surface area contributed by atoms with Gasteiger partial charge in [0, 0.05) is 29.9 Å². The third-order valence-electron chi connectivity index (χ3n) is 9.65. The summed E-state index contributed by atoms with van der Waals surface area (Å²) in [6.07, 6.45) is 7.07. The third-order valence-corrected chi connectivity index (χ3v) is 9.65. The van der Waals surface area contributed by atoms with Crippen molar-refractivity contribution < 1.29 is 0 Å². The first kappa shape index (κ1) is 47.8. The molecule has 0 aliphatic carbocycles. The highest BCUT2D eigenvalue weighted by molar-refractivity contribution is 5.30. The topological polar surface area (TPSA) is 48.1 Å². The van der Waals surface area contributed by atoms with Crippen molar-refractivity contribution in [2.45, 2.75) is 167 Å². The summed E-state index contributed by atoms with van der Waals surface area (Å²) in [5.74, 6) is 2.57. The van der Waals surface area contributed by atoms with Crippen LogP contribution >= 0.6 is 0 Å². The monoisotopic (exact) mass is 669 g/mol. The van der Waals surface area contributed by atoms with Crippen LogP contribution in [-0.2, 0) is 0 Å². The Bertz CT molecular complexity index is 1000. The summed E-state index contributed by atoms with van der Waals surface area (Å²) in [5, 5.41) is 14.9. The van der Waals surface area contributed by atoms with Gasteiger partial charge in [0.25, 0.3) is 0 Å². The molecule has 0 fully saturated rings. The van der Waals surface area contributed by atoms with Gasteiger partial charge < -0.3 is 21.3 Å². The lowest BCUT2D eigenvalue weighted by atomic mass is 9.69. The van der Waals surface area contributed by atoms with Gasteiger partial charge in [0.05, 0.1) is 17.9 Å². The molecule has 0 spiro atoms. The highest BCUT2D eigenvalue weighted by atomic mass is 15.1. The molecule has 0 aromatic carbocycles. The highest BCUT2D eigenvalue weighted by Crippen LogP contribution is 2.40. The van der Waals surface area contributed by atoms with Crippen molar-refractivity contribution in [2.24, 2.45) is 34.5 Å². The lowest BCUT2D eigenvalue weighted by Gasteiger charge is -2.42. The molecule has 0 heterocycles. The van der Waals surface area contributed by atoms with Gasteiger partial charge in [0.2, 0.25) is 0 Å². The molecule has 0 saturated carbocycles. The van der Waals surface area contributed by atoms with Gasteiger partial charge in [-0.25, -0.2) is 0 Å². The molecule has 4 N–H and O–H groups in total. The van der Waals surface area contributed by atoms with Crippen LogP contribution in [-0.4, -0.2) is 24.7 Å². The summed E-state index contributed by atoms with van der Waals surface area (Å²) < 4.78 is 0. The molecule has 280 valence electrons. The molecule has 4 heteroatoms. The fourth-order valence-electron chi connectivity index (χ4n) is 6.70. The number of allylic oxidation sites excluding steroid dienone is 2. The Labute approximate surface area is 301 Å². The molecular weight excluding hydrogens is 585 g/mol. The van der Waals surface area contributed by atoms with Crippen molar-refractivity contribution in [3.05, 3.63) is 73.4 Å². The van der Waals surface area contributed by atoms with Crippen LogP contribution in [0.25, 0.3) is 0 Å². The van der Waals surface area contributed by atoms with Gasteiger partial charge in [0.1, 0.15) is 0 Å². The third kappa shape index (κ3) is 17.3. The summed E-state index contributed by atoms with van der Waals surface area (Å²) in [7, 11) is 0. The van der Waals surface area contributed by atoms with Crippen molar-refractivity contribution in [3.63, 3.8) is 0 Å². The molecule has 0 amide bonds. The minimum atomic E-state index is -0.0681. The number of hydrogen-bond acceptors (Lipinski definition) is 4. The van der Waals surface area contributed by atoms with E-state index in [2.05, 4.69) is 138 Å². The predicted molar refractivity (Wildman–Crippen MR) is 220 cm³/mol. The Hall–Kier alpha value is -2.36. The summed E-state index contributed by atoms with van der Waals surface area (Å²) in [6.45, 7) is 61.5. The van der Waals surface area contributed by atoms with E-state index in [1.54, 1.807) is 0 Å². The lowest BCUT2D eigenvalue weighted by Crippen LogP contribution is -2.49. The standard InChI is InChI=1S/C42H78N4.C2H6/c1-20-23-37(32(10)33(11)43-26-21-2)44-34(12)36(39(29(6)7)30(8)22-3)27-31(9)40(42(17,18)19)46-35(13)45-38(41(14,15)16)25-24-28(4)5;1-2/h29-30,36-40,43-46H,4,9-13,20-27H2,1-3,5-8,14-19H3;1-2H3. The average molecular weight is 669 g/mol. The van der Waals surface area contributed by atoms with E-state index in [0.717, 1.165) is 74.3 Å². The van der Waals surface area contributed by atoms with E-state index in [0.29, 0.717) is 17.8 Å². The molecule has 0 rings (SSSR count). The Morgan fingerprint density at radius 1 is 0.729 bits per heavy atom. The maximum absolute atomic E-state index is 4.77. The Balaban J connectivity index is 0.